The molecule has 0 unspecified atom stereocenters. The van der Waals surface area contributed by atoms with Gasteiger partial charge in [-0.1, -0.05) is 12.1 Å². The molecule has 0 fully saturated rings. The Bertz CT molecular complexity index is 453. The highest BCUT2D eigenvalue weighted by Crippen LogP contribution is 2.08. The molecular formula is C12H10ClFN2. The molecule has 0 aliphatic heterocycles. The van der Waals surface area contributed by atoms with Crippen LogP contribution in [0.25, 0.3) is 0 Å². The second kappa shape index (κ2) is 5.03. The van der Waals surface area contributed by atoms with Gasteiger partial charge in [0.15, 0.2) is 0 Å². The van der Waals surface area contributed by atoms with E-state index in [0.717, 1.165) is 11.1 Å². The molecule has 82 valence electrons. The highest BCUT2D eigenvalue weighted by Gasteiger charge is 2.00. The third-order valence-electron chi connectivity index (χ3n) is 2.19. The van der Waals surface area contributed by atoms with Gasteiger partial charge in [0.1, 0.15) is 11.6 Å². The smallest absolute Gasteiger partial charge is 0.132 e. The monoisotopic (exact) mass is 236 g/mol. The third kappa shape index (κ3) is 2.76. The van der Waals surface area contributed by atoms with E-state index < -0.39 is 0 Å². The topological polar surface area (TPSA) is 25.8 Å². The Morgan fingerprint density at radius 2 is 1.62 bits per heavy atom. The van der Waals surface area contributed by atoms with Gasteiger partial charge >= 0.3 is 0 Å². The molecule has 0 spiro atoms. The van der Waals surface area contributed by atoms with Gasteiger partial charge in [-0.3, -0.25) is 0 Å². The Morgan fingerprint density at radius 3 is 2.19 bits per heavy atom. The lowest BCUT2D eigenvalue weighted by molar-refractivity contribution is 0.627. The normalized spacial score (nSPS) is 10.4. The highest BCUT2D eigenvalue weighted by atomic mass is 35.5. The van der Waals surface area contributed by atoms with Crippen molar-refractivity contribution in [3.63, 3.8) is 0 Å². The summed E-state index contributed by atoms with van der Waals surface area (Å²) in [6.45, 7) is 0. The standard InChI is InChI=1S/C12H10ClFN2/c13-6-10-7-15-12(16-8-10)5-9-1-3-11(14)4-2-9/h1-4,7-8H,5-6H2. The number of benzene rings is 1. The number of aromatic nitrogens is 2. The molecular weight excluding hydrogens is 227 g/mol. The molecule has 0 radical (unpaired) electrons. The predicted octanol–water partition coefficient (Wildman–Crippen LogP) is 2.95. The Balaban J connectivity index is 2.11. The fraction of sp³-hybridized carbons (Fsp3) is 0.167. The molecule has 0 saturated carbocycles. The van der Waals surface area contributed by atoms with Crippen LogP contribution < -0.4 is 0 Å². The van der Waals surface area contributed by atoms with Crippen molar-refractivity contribution in [1.82, 2.24) is 9.97 Å². The number of nitrogens with zero attached hydrogens (tertiary/aromatic N) is 2. The minimum Gasteiger partial charge on any atom is -0.241 e. The second-order valence-corrected chi connectivity index (χ2v) is 3.71. The van der Waals surface area contributed by atoms with Crippen LogP contribution in [0, 0.1) is 5.82 Å². The molecule has 0 amide bonds. The number of halogens is 2. The van der Waals surface area contributed by atoms with E-state index in [1.54, 1.807) is 24.5 Å². The molecule has 0 aliphatic rings. The van der Waals surface area contributed by atoms with Crippen molar-refractivity contribution >= 4 is 11.6 Å². The molecule has 0 saturated heterocycles. The molecule has 16 heavy (non-hydrogen) atoms. The van der Waals surface area contributed by atoms with Gasteiger partial charge in [0.05, 0.1) is 5.88 Å². The van der Waals surface area contributed by atoms with Crippen LogP contribution in [0.15, 0.2) is 36.7 Å². The SMILES string of the molecule is Fc1ccc(Cc2ncc(CCl)cn2)cc1. The average Bonchev–Trinajstić information content (AvgIpc) is 2.33. The van der Waals surface area contributed by atoms with Crippen LogP contribution in [0.5, 0.6) is 0 Å². The van der Waals surface area contributed by atoms with E-state index in [2.05, 4.69) is 9.97 Å². The van der Waals surface area contributed by atoms with E-state index in [-0.39, 0.29) is 5.82 Å². The molecule has 0 aliphatic carbocycles. The third-order valence-corrected chi connectivity index (χ3v) is 2.50. The number of alkyl halides is 1. The average molecular weight is 237 g/mol. The summed E-state index contributed by atoms with van der Waals surface area (Å²) in [7, 11) is 0. The van der Waals surface area contributed by atoms with E-state index in [4.69, 9.17) is 11.6 Å². The lowest BCUT2D eigenvalue weighted by Crippen LogP contribution is -1.97. The van der Waals surface area contributed by atoms with Crippen molar-refractivity contribution in [2.24, 2.45) is 0 Å². The minimum atomic E-state index is -0.234. The van der Waals surface area contributed by atoms with Gasteiger partial charge in [0, 0.05) is 24.4 Å². The van der Waals surface area contributed by atoms with E-state index in [1.165, 1.54) is 12.1 Å². The molecule has 2 nitrogen and oxygen atoms in total. The summed E-state index contributed by atoms with van der Waals surface area (Å²) in [5, 5.41) is 0. The molecule has 0 N–H and O–H groups in total. The van der Waals surface area contributed by atoms with Crippen LogP contribution in [0.4, 0.5) is 4.39 Å². The molecule has 4 heteroatoms. The lowest BCUT2D eigenvalue weighted by Gasteiger charge is -2.01. The van der Waals surface area contributed by atoms with Gasteiger partial charge in [-0.2, -0.15) is 0 Å². The summed E-state index contributed by atoms with van der Waals surface area (Å²) >= 11 is 5.64. The van der Waals surface area contributed by atoms with Crippen molar-refractivity contribution in [2.75, 3.05) is 0 Å². The van der Waals surface area contributed by atoms with Crippen molar-refractivity contribution in [2.45, 2.75) is 12.3 Å². The summed E-state index contributed by atoms with van der Waals surface area (Å²) in [6.07, 6.45) is 4.01. The van der Waals surface area contributed by atoms with Crippen LogP contribution in [-0.4, -0.2) is 9.97 Å². The molecule has 1 aromatic carbocycles. The number of rotatable bonds is 3. The van der Waals surface area contributed by atoms with Crippen LogP contribution in [0.3, 0.4) is 0 Å². The zero-order chi connectivity index (χ0) is 11.4. The van der Waals surface area contributed by atoms with Crippen molar-refractivity contribution in [1.29, 1.82) is 0 Å². The summed E-state index contributed by atoms with van der Waals surface area (Å²) in [4.78, 5) is 8.36. The predicted molar refractivity (Wildman–Crippen MR) is 60.8 cm³/mol. The van der Waals surface area contributed by atoms with E-state index in [1.807, 2.05) is 0 Å². The molecule has 0 bridgehead atoms. The summed E-state index contributed by atoms with van der Waals surface area (Å²) in [5.41, 5.74) is 1.88. The summed E-state index contributed by atoms with van der Waals surface area (Å²) in [6, 6.07) is 6.33. The Kier molecular flexibility index (Phi) is 3.47. The van der Waals surface area contributed by atoms with Gasteiger partial charge < -0.3 is 0 Å². The van der Waals surface area contributed by atoms with E-state index in [0.29, 0.717) is 18.1 Å². The largest absolute Gasteiger partial charge is 0.241 e. The Hall–Kier alpha value is -1.48. The first-order chi connectivity index (χ1) is 7.78. The van der Waals surface area contributed by atoms with Crippen LogP contribution in [0.1, 0.15) is 17.0 Å². The van der Waals surface area contributed by atoms with Gasteiger partial charge in [-0.05, 0) is 17.7 Å². The fourth-order valence-electron chi connectivity index (χ4n) is 1.33. The van der Waals surface area contributed by atoms with Gasteiger partial charge in [0.25, 0.3) is 0 Å². The number of hydrogen-bond donors (Lipinski definition) is 0. The van der Waals surface area contributed by atoms with Crippen LogP contribution >= 0.6 is 11.6 Å². The summed E-state index contributed by atoms with van der Waals surface area (Å²) in [5.74, 6) is 0.888. The molecule has 0 atom stereocenters. The first kappa shape index (κ1) is 11.0. The highest BCUT2D eigenvalue weighted by molar-refractivity contribution is 6.17. The van der Waals surface area contributed by atoms with Gasteiger partial charge in [-0.15, -0.1) is 11.6 Å². The Morgan fingerprint density at radius 1 is 1.00 bits per heavy atom. The maximum Gasteiger partial charge on any atom is 0.132 e. The minimum absolute atomic E-state index is 0.234. The first-order valence-electron chi connectivity index (χ1n) is 4.88. The summed E-state index contributed by atoms with van der Waals surface area (Å²) < 4.78 is 12.7. The second-order valence-electron chi connectivity index (χ2n) is 3.44. The zero-order valence-corrected chi connectivity index (χ0v) is 9.28. The van der Waals surface area contributed by atoms with Crippen molar-refractivity contribution < 1.29 is 4.39 Å². The zero-order valence-electron chi connectivity index (χ0n) is 8.53. The maximum absolute atomic E-state index is 12.7. The Labute approximate surface area is 98.1 Å². The molecule has 1 aromatic heterocycles. The maximum atomic E-state index is 12.7. The van der Waals surface area contributed by atoms with Crippen molar-refractivity contribution in [3.8, 4) is 0 Å². The van der Waals surface area contributed by atoms with E-state index in [9.17, 15) is 4.39 Å². The van der Waals surface area contributed by atoms with Crippen molar-refractivity contribution in [3.05, 3.63) is 59.4 Å². The van der Waals surface area contributed by atoms with E-state index >= 15 is 0 Å². The quantitative estimate of drug-likeness (QED) is 0.766. The van der Waals surface area contributed by atoms with Crippen LogP contribution in [0.2, 0.25) is 0 Å². The first-order valence-corrected chi connectivity index (χ1v) is 5.41. The molecule has 2 rings (SSSR count). The fourth-order valence-corrected chi connectivity index (χ4v) is 1.46. The van der Waals surface area contributed by atoms with Crippen LogP contribution in [-0.2, 0) is 12.3 Å². The molecule has 2 aromatic rings. The van der Waals surface area contributed by atoms with Gasteiger partial charge in [-0.25, -0.2) is 14.4 Å². The number of hydrogen-bond acceptors (Lipinski definition) is 2. The van der Waals surface area contributed by atoms with Gasteiger partial charge in [0.2, 0.25) is 0 Å². The molecule has 1 heterocycles. The lowest BCUT2D eigenvalue weighted by atomic mass is 10.1.